The van der Waals surface area contributed by atoms with Crippen molar-refractivity contribution in [1.82, 2.24) is 5.32 Å². The highest BCUT2D eigenvalue weighted by Crippen LogP contribution is 2.41. The number of carbonyl (C=O) groups is 2. The molecule has 1 heterocycles. The summed E-state index contributed by atoms with van der Waals surface area (Å²) in [4.78, 5) is 23.1. The van der Waals surface area contributed by atoms with E-state index in [1.807, 2.05) is 11.8 Å². The Morgan fingerprint density at radius 1 is 1.29 bits per heavy atom. The Balaban J connectivity index is 1.82. The average molecular weight is 257 g/mol. The zero-order valence-corrected chi connectivity index (χ0v) is 10.7. The minimum atomic E-state index is -1.11. The van der Waals surface area contributed by atoms with E-state index in [4.69, 9.17) is 5.11 Å². The fraction of sp³-hybridized carbons (Fsp3) is 0.833. The number of hydrogen-bond acceptors (Lipinski definition) is 3. The summed E-state index contributed by atoms with van der Waals surface area (Å²) in [6, 6.07) is 0. The van der Waals surface area contributed by atoms with Crippen LogP contribution in [0.25, 0.3) is 0 Å². The first-order valence-electron chi connectivity index (χ1n) is 6.28. The Morgan fingerprint density at radius 3 is 2.53 bits per heavy atom. The molecule has 1 saturated heterocycles. The van der Waals surface area contributed by atoms with Crippen molar-refractivity contribution >= 4 is 23.6 Å². The van der Waals surface area contributed by atoms with Crippen LogP contribution >= 0.6 is 11.8 Å². The number of carboxylic acids is 1. The molecule has 2 N–H and O–H groups in total. The zero-order chi connectivity index (χ0) is 12.3. The van der Waals surface area contributed by atoms with Gasteiger partial charge in [-0.3, -0.25) is 9.59 Å². The van der Waals surface area contributed by atoms with Crippen LogP contribution in [-0.4, -0.2) is 34.5 Å². The normalized spacial score (nSPS) is 26.9. The number of amides is 1. The van der Waals surface area contributed by atoms with E-state index in [1.165, 1.54) is 12.8 Å². The molecule has 17 heavy (non-hydrogen) atoms. The topological polar surface area (TPSA) is 66.4 Å². The quantitative estimate of drug-likeness (QED) is 0.751. The molecule has 96 valence electrons. The van der Waals surface area contributed by atoms with Crippen LogP contribution in [0.4, 0.5) is 0 Å². The predicted octanol–water partition coefficient (Wildman–Crippen LogP) is 1.64. The number of rotatable bonds is 4. The van der Waals surface area contributed by atoms with Crippen molar-refractivity contribution in [2.24, 2.45) is 5.41 Å². The number of carbonyl (C=O) groups excluding carboxylic acids is 1. The lowest BCUT2D eigenvalue weighted by molar-refractivity contribution is -0.162. The smallest absolute Gasteiger partial charge is 0.319 e. The Bertz CT molecular complexity index is 309. The van der Waals surface area contributed by atoms with Gasteiger partial charge in [0.15, 0.2) is 0 Å². The van der Waals surface area contributed by atoms with Crippen LogP contribution in [0.3, 0.4) is 0 Å². The van der Waals surface area contributed by atoms with Crippen LogP contribution in [0.5, 0.6) is 0 Å². The van der Waals surface area contributed by atoms with Crippen molar-refractivity contribution in [3.05, 3.63) is 0 Å². The van der Waals surface area contributed by atoms with Gasteiger partial charge >= 0.3 is 5.97 Å². The molecule has 0 aromatic heterocycles. The second-order valence-electron chi connectivity index (χ2n) is 4.94. The number of hydrogen-bond donors (Lipinski definition) is 2. The van der Waals surface area contributed by atoms with Crippen LogP contribution < -0.4 is 5.32 Å². The van der Waals surface area contributed by atoms with E-state index >= 15 is 0 Å². The number of nitrogens with one attached hydrogen (secondary N) is 1. The molecule has 4 nitrogen and oxygen atoms in total. The fourth-order valence-corrected chi connectivity index (χ4v) is 3.65. The van der Waals surface area contributed by atoms with Crippen molar-refractivity contribution in [2.45, 2.75) is 43.8 Å². The third kappa shape index (κ3) is 2.59. The summed E-state index contributed by atoms with van der Waals surface area (Å²) in [6.45, 7) is 0.624. The van der Waals surface area contributed by atoms with Crippen LogP contribution in [-0.2, 0) is 9.59 Å². The molecule has 1 aliphatic carbocycles. The molecule has 0 aromatic carbocycles. The van der Waals surface area contributed by atoms with E-state index in [1.54, 1.807) is 0 Å². The molecule has 2 rings (SSSR count). The molecule has 1 aliphatic heterocycles. The lowest BCUT2D eigenvalue weighted by Crippen LogP contribution is -2.52. The lowest BCUT2D eigenvalue weighted by Gasteiger charge is -2.36. The van der Waals surface area contributed by atoms with Crippen LogP contribution in [0.1, 0.15) is 38.5 Å². The zero-order valence-electron chi connectivity index (χ0n) is 9.91. The first-order valence-corrected chi connectivity index (χ1v) is 7.33. The van der Waals surface area contributed by atoms with E-state index < -0.39 is 11.4 Å². The summed E-state index contributed by atoms with van der Waals surface area (Å²) >= 11 is 1.89. The molecule has 2 aliphatic rings. The Hall–Kier alpha value is -0.710. The number of thioether (sulfide) groups is 1. The second kappa shape index (κ2) is 5.29. The van der Waals surface area contributed by atoms with E-state index in [9.17, 15) is 9.59 Å². The largest absolute Gasteiger partial charge is 0.480 e. The maximum absolute atomic E-state index is 11.9. The molecule has 1 unspecified atom stereocenters. The lowest BCUT2D eigenvalue weighted by atomic mass is 9.68. The van der Waals surface area contributed by atoms with Gasteiger partial charge in [0.25, 0.3) is 0 Å². The van der Waals surface area contributed by atoms with Crippen LogP contribution in [0.15, 0.2) is 0 Å². The Morgan fingerprint density at radius 2 is 2.06 bits per heavy atom. The molecule has 0 aromatic rings. The first-order chi connectivity index (χ1) is 8.15. The van der Waals surface area contributed by atoms with Crippen molar-refractivity contribution in [1.29, 1.82) is 0 Å². The highest BCUT2D eigenvalue weighted by molar-refractivity contribution is 7.99. The van der Waals surface area contributed by atoms with Gasteiger partial charge in [0.05, 0.1) is 0 Å². The fourth-order valence-electron chi connectivity index (χ4n) is 2.41. The van der Waals surface area contributed by atoms with Crippen molar-refractivity contribution in [3.8, 4) is 0 Å². The molecule has 1 amide bonds. The molecular weight excluding hydrogens is 238 g/mol. The molecule has 2 fully saturated rings. The molecule has 5 heteroatoms. The average Bonchev–Trinajstić information content (AvgIpc) is 2.25. The van der Waals surface area contributed by atoms with Gasteiger partial charge in [0.2, 0.25) is 5.91 Å². The van der Waals surface area contributed by atoms with Gasteiger partial charge in [-0.15, -0.1) is 0 Å². The summed E-state index contributed by atoms with van der Waals surface area (Å²) in [6.07, 6.45) is 5.44. The standard InChI is InChI=1S/C12H19NO3S/c14-10(12(11(15)16)5-3-6-12)13-8-9-4-1-2-7-17-9/h9H,1-8H2,(H,13,14)(H,15,16). The maximum Gasteiger partial charge on any atom is 0.319 e. The summed E-state index contributed by atoms with van der Waals surface area (Å²) in [5.74, 6) is -0.0788. The minimum Gasteiger partial charge on any atom is -0.480 e. The van der Waals surface area contributed by atoms with Crippen LogP contribution in [0.2, 0.25) is 0 Å². The Kier molecular flexibility index (Phi) is 3.97. The second-order valence-corrected chi connectivity index (χ2v) is 6.35. The molecule has 1 atom stereocenters. The molecule has 1 saturated carbocycles. The SMILES string of the molecule is O=C(O)C1(C(=O)NCC2CCCCS2)CCC1. The summed E-state index contributed by atoms with van der Waals surface area (Å²) < 4.78 is 0. The molecule has 0 radical (unpaired) electrons. The van der Waals surface area contributed by atoms with Gasteiger partial charge in [0, 0.05) is 11.8 Å². The highest BCUT2D eigenvalue weighted by atomic mass is 32.2. The van der Waals surface area contributed by atoms with E-state index in [0.717, 1.165) is 18.6 Å². The molecule has 0 spiro atoms. The first kappa shape index (κ1) is 12.7. The van der Waals surface area contributed by atoms with Gasteiger partial charge in [-0.2, -0.15) is 11.8 Å². The van der Waals surface area contributed by atoms with E-state index in [-0.39, 0.29) is 5.91 Å². The van der Waals surface area contributed by atoms with E-state index in [0.29, 0.717) is 24.6 Å². The third-order valence-electron chi connectivity index (χ3n) is 3.82. The van der Waals surface area contributed by atoms with Gasteiger partial charge in [-0.25, -0.2) is 0 Å². The minimum absolute atomic E-state index is 0.276. The summed E-state index contributed by atoms with van der Waals surface area (Å²) in [5.41, 5.74) is -1.11. The highest BCUT2D eigenvalue weighted by Gasteiger charge is 2.51. The van der Waals surface area contributed by atoms with Gasteiger partial charge in [0.1, 0.15) is 5.41 Å². The van der Waals surface area contributed by atoms with Crippen molar-refractivity contribution in [2.75, 3.05) is 12.3 Å². The van der Waals surface area contributed by atoms with Crippen LogP contribution in [0, 0.1) is 5.41 Å². The van der Waals surface area contributed by atoms with Gasteiger partial charge < -0.3 is 10.4 Å². The van der Waals surface area contributed by atoms with Gasteiger partial charge in [-0.1, -0.05) is 12.8 Å². The monoisotopic (exact) mass is 257 g/mol. The van der Waals surface area contributed by atoms with Crippen molar-refractivity contribution < 1.29 is 14.7 Å². The molecule has 0 bridgehead atoms. The summed E-state index contributed by atoms with van der Waals surface area (Å²) in [5, 5.41) is 12.4. The summed E-state index contributed by atoms with van der Waals surface area (Å²) in [7, 11) is 0. The number of carboxylic acid groups (broad SMARTS) is 1. The predicted molar refractivity (Wildman–Crippen MR) is 67.0 cm³/mol. The number of aliphatic carboxylic acids is 1. The molecular formula is C12H19NO3S. The third-order valence-corrected chi connectivity index (χ3v) is 5.21. The van der Waals surface area contributed by atoms with Crippen molar-refractivity contribution in [3.63, 3.8) is 0 Å². The maximum atomic E-state index is 11.9. The van der Waals surface area contributed by atoms with Gasteiger partial charge in [-0.05, 0) is 31.4 Å². The Labute approximate surface area is 106 Å². The van der Waals surface area contributed by atoms with E-state index in [2.05, 4.69) is 5.32 Å².